The predicted molar refractivity (Wildman–Crippen MR) is 261 cm³/mol. The first kappa shape index (κ1) is 58.9. The number of esters is 3. The molecule has 0 aromatic rings. The van der Waals surface area contributed by atoms with E-state index in [1.54, 1.807) is 0 Å². The maximum atomic E-state index is 12.7. The summed E-state index contributed by atoms with van der Waals surface area (Å²) < 4.78 is 16.8. The Morgan fingerprint density at radius 1 is 0.328 bits per heavy atom. The van der Waals surface area contributed by atoms with E-state index >= 15 is 0 Å². The molecule has 6 nitrogen and oxygen atoms in total. The van der Waals surface area contributed by atoms with Crippen molar-refractivity contribution in [3.05, 3.63) is 24.3 Å². The summed E-state index contributed by atoms with van der Waals surface area (Å²) in [7, 11) is 0. The largest absolute Gasteiger partial charge is 0.462 e. The zero-order chi connectivity index (χ0) is 44.4. The van der Waals surface area contributed by atoms with E-state index in [2.05, 4.69) is 45.1 Å². The summed E-state index contributed by atoms with van der Waals surface area (Å²) in [6.07, 6.45) is 57.5. The van der Waals surface area contributed by atoms with Crippen molar-refractivity contribution < 1.29 is 28.6 Å². The minimum Gasteiger partial charge on any atom is -0.462 e. The van der Waals surface area contributed by atoms with E-state index in [0.717, 1.165) is 64.2 Å². The highest BCUT2D eigenvalue weighted by Gasteiger charge is 2.19. The van der Waals surface area contributed by atoms with Crippen LogP contribution in [0.4, 0.5) is 0 Å². The zero-order valence-electron chi connectivity index (χ0n) is 40.9. The van der Waals surface area contributed by atoms with Crippen molar-refractivity contribution in [1.82, 2.24) is 0 Å². The standard InChI is InChI=1S/C55H102O6/c1-4-7-10-13-16-19-21-23-24-25-26-27-28-29-30-31-32-33-35-36-39-42-45-48-54(57)60-51-52(50-59-53(56)47-44-41-38-18-15-12-9-6-3)61-55(58)49-46-43-40-37-34-22-20-17-14-11-8-5-2/h21,23,25-26,52H,4-20,22,24,27-51H2,1-3H3/b23-21-,26-25-. The van der Waals surface area contributed by atoms with Crippen LogP contribution in [-0.2, 0) is 28.6 Å². The average molecular weight is 859 g/mol. The summed E-state index contributed by atoms with van der Waals surface area (Å²) in [4.78, 5) is 37.8. The van der Waals surface area contributed by atoms with Crippen LogP contribution < -0.4 is 0 Å². The first-order chi connectivity index (χ1) is 30.0. The minimum absolute atomic E-state index is 0.0674. The number of carbonyl (C=O) groups is 3. The second kappa shape index (κ2) is 50.5. The van der Waals surface area contributed by atoms with Gasteiger partial charge in [0.05, 0.1) is 0 Å². The van der Waals surface area contributed by atoms with Gasteiger partial charge in [0.1, 0.15) is 13.2 Å². The molecule has 0 radical (unpaired) electrons. The fraction of sp³-hybridized carbons (Fsp3) is 0.873. The summed E-state index contributed by atoms with van der Waals surface area (Å²) >= 11 is 0. The SMILES string of the molecule is CCCCCCC/C=C\C/C=C\CCCCCCCCCCCCCC(=O)OCC(COC(=O)CCCCCCCCCC)OC(=O)CCCCCCCCCCCCCC. The van der Waals surface area contributed by atoms with Gasteiger partial charge in [0.2, 0.25) is 0 Å². The Bertz CT molecular complexity index is 989. The van der Waals surface area contributed by atoms with Gasteiger partial charge < -0.3 is 14.2 Å². The van der Waals surface area contributed by atoms with E-state index in [1.807, 2.05) is 0 Å². The number of rotatable bonds is 49. The second-order valence-electron chi connectivity index (χ2n) is 18.2. The van der Waals surface area contributed by atoms with Crippen LogP contribution >= 0.6 is 0 Å². The van der Waals surface area contributed by atoms with Gasteiger partial charge in [-0.15, -0.1) is 0 Å². The Morgan fingerprint density at radius 3 is 0.902 bits per heavy atom. The van der Waals surface area contributed by atoms with Gasteiger partial charge in [-0.05, 0) is 51.4 Å². The molecule has 0 spiro atoms. The molecule has 358 valence electrons. The fourth-order valence-electron chi connectivity index (χ4n) is 7.89. The first-order valence-electron chi connectivity index (χ1n) is 26.8. The van der Waals surface area contributed by atoms with Crippen LogP contribution in [0.3, 0.4) is 0 Å². The van der Waals surface area contributed by atoms with E-state index < -0.39 is 6.10 Å². The van der Waals surface area contributed by atoms with Crippen molar-refractivity contribution >= 4 is 17.9 Å². The van der Waals surface area contributed by atoms with Crippen LogP contribution in [0.15, 0.2) is 24.3 Å². The number of allylic oxidation sites excluding steroid dienone is 4. The van der Waals surface area contributed by atoms with Crippen molar-refractivity contribution in [3.63, 3.8) is 0 Å². The zero-order valence-corrected chi connectivity index (χ0v) is 40.9. The van der Waals surface area contributed by atoms with E-state index in [-0.39, 0.29) is 31.1 Å². The van der Waals surface area contributed by atoms with Gasteiger partial charge in [-0.25, -0.2) is 0 Å². The lowest BCUT2D eigenvalue weighted by Crippen LogP contribution is -2.30. The third-order valence-electron chi connectivity index (χ3n) is 12.0. The summed E-state index contributed by atoms with van der Waals surface area (Å²) in [5.74, 6) is -0.860. The molecule has 0 aliphatic carbocycles. The maximum Gasteiger partial charge on any atom is 0.306 e. The monoisotopic (exact) mass is 859 g/mol. The molecule has 1 unspecified atom stereocenters. The number of hydrogen-bond donors (Lipinski definition) is 0. The normalized spacial score (nSPS) is 12.1. The van der Waals surface area contributed by atoms with Gasteiger partial charge in [0, 0.05) is 19.3 Å². The first-order valence-corrected chi connectivity index (χ1v) is 26.8. The fourth-order valence-corrected chi connectivity index (χ4v) is 7.89. The van der Waals surface area contributed by atoms with Crippen molar-refractivity contribution in [2.45, 2.75) is 297 Å². The van der Waals surface area contributed by atoms with Crippen LogP contribution in [0.25, 0.3) is 0 Å². The lowest BCUT2D eigenvalue weighted by molar-refractivity contribution is -0.167. The molecule has 1 atom stereocenters. The van der Waals surface area contributed by atoms with E-state index in [9.17, 15) is 14.4 Å². The predicted octanol–water partition coefficient (Wildman–Crippen LogP) is 17.5. The molecule has 0 aliphatic heterocycles. The Labute approximate surface area is 379 Å². The Hall–Kier alpha value is -2.11. The van der Waals surface area contributed by atoms with Crippen molar-refractivity contribution in [2.24, 2.45) is 0 Å². The molecule has 0 rings (SSSR count). The molecule has 0 aromatic carbocycles. The maximum absolute atomic E-state index is 12.7. The molecular formula is C55H102O6. The van der Waals surface area contributed by atoms with Crippen molar-refractivity contribution in [1.29, 1.82) is 0 Å². The number of carbonyl (C=O) groups excluding carboxylic acids is 3. The lowest BCUT2D eigenvalue weighted by Gasteiger charge is -2.18. The Balaban J connectivity index is 4.15. The van der Waals surface area contributed by atoms with Gasteiger partial charge in [-0.3, -0.25) is 14.4 Å². The number of ether oxygens (including phenoxy) is 3. The van der Waals surface area contributed by atoms with Gasteiger partial charge >= 0.3 is 17.9 Å². The summed E-state index contributed by atoms with van der Waals surface area (Å²) in [5, 5.41) is 0. The highest BCUT2D eigenvalue weighted by atomic mass is 16.6. The number of unbranched alkanes of at least 4 members (excludes halogenated alkanes) is 34. The van der Waals surface area contributed by atoms with Gasteiger partial charge in [-0.1, -0.05) is 244 Å². The quantitative estimate of drug-likeness (QED) is 0.0262. The highest BCUT2D eigenvalue weighted by molar-refractivity contribution is 5.71. The van der Waals surface area contributed by atoms with Crippen LogP contribution in [0.2, 0.25) is 0 Å². The molecule has 0 N–H and O–H groups in total. The smallest absolute Gasteiger partial charge is 0.306 e. The molecule has 0 heterocycles. The van der Waals surface area contributed by atoms with Crippen LogP contribution in [0.1, 0.15) is 290 Å². The van der Waals surface area contributed by atoms with Crippen molar-refractivity contribution in [3.8, 4) is 0 Å². The summed E-state index contributed by atoms with van der Waals surface area (Å²) in [6, 6.07) is 0. The summed E-state index contributed by atoms with van der Waals surface area (Å²) in [6.45, 7) is 6.62. The van der Waals surface area contributed by atoms with Gasteiger partial charge in [0.15, 0.2) is 6.10 Å². The molecule has 0 saturated carbocycles. The molecular weight excluding hydrogens is 757 g/mol. The topological polar surface area (TPSA) is 78.9 Å². The van der Waals surface area contributed by atoms with Crippen LogP contribution in [0.5, 0.6) is 0 Å². The van der Waals surface area contributed by atoms with Crippen LogP contribution in [-0.4, -0.2) is 37.2 Å². The molecule has 0 aliphatic rings. The van der Waals surface area contributed by atoms with Gasteiger partial charge in [-0.2, -0.15) is 0 Å². The molecule has 61 heavy (non-hydrogen) atoms. The van der Waals surface area contributed by atoms with Crippen molar-refractivity contribution in [2.75, 3.05) is 13.2 Å². The molecule has 0 amide bonds. The third kappa shape index (κ3) is 48.8. The minimum atomic E-state index is -0.764. The molecule has 0 bridgehead atoms. The van der Waals surface area contributed by atoms with E-state index in [0.29, 0.717) is 19.3 Å². The van der Waals surface area contributed by atoms with E-state index in [4.69, 9.17) is 14.2 Å². The highest BCUT2D eigenvalue weighted by Crippen LogP contribution is 2.16. The van der Waals surface area contributed by atoms with E-state index in [1.165, 1.54) is 186 Å². The Kier molecular flexibility index (Phi) is 48.8. The molecule has 0 saturated heterocycles. The second-order valence-corrected chi connectivity index (χ2v) is 18.2. The molecule has 0 fully saturated rings. The third-order valence-corrected chi connectivity index (χ3v) is 12.0. The Morgan fingerprint density at radius 2 is 0.590 bits per heavy atom. The lowest BCUT2D eigenvalue weighted by atomic mass is 10.0. The van der Waals surface area contributed by atoms with Crippen LogP contribution in [0, 0.1) is 0 Å². The summed E-state index contributed by atoms with van der Waals surface area (Å²) in [5.41, 5.74) is 0. The number of hydrogen-bond acceptors (Lipinski definition) is 6. The molecule has 6 heteroatoms. The average Bonchev–Trinajstić information content (AvgIpc) is 3.26. The molecule has 0 aromatic heterocycles. The van der Waals surface area contributed by atoms with Gasteiger partial charge in [0.25, 0.3) is 0 Å².